The fourth-order valence-electron chi connectivity index (χ4n) is 4.06. The van der Waals surface area contributed by atoms with Crippen molar-refractivity contribution in [3.05, 3.63) is 35.2 Å². The van der Waals surface area contributed by atoms with Crippen LogP contribution in [0.15, 0.2) is 23.4 Å². The highest BCUT2D eigenvalue weighted by Gasteiger charge is 2.30. The van der Waals surface area contributed by atoms with Crippen LogP contribution in [-0.4, -0.2) is 67.2 Å². The molecule has 1 aromatic rings. The second-order valence-corrected chi connectivity index (χ2v) is 8.82. The van der Waals surface area contributed by atoms with Gasteiger partial charge >= 0.3 is 11.9 Å². The first-order valence-corrected chi connectivity index (χ1v) is 11.8. The van der Waals surface area contributed by atoms with Crippen LogP contribution < -0.4 is 4.90 Å². The molecule has 2 aliphatic rings. The summed E-state index contributed by atoms with van der Waals surface area (Å²) in [5, 5.41) is 4.13. The van der Waals surface area contributed by atoms with Gasteiger partial charge in [-0.2, -0.15) is 0 Å². The summed E-state index contributed by atoms with van der Waals surface area (Å²) in [5.41, 5.74) is 4.63. The second kappa shape index (κ2) is 12.0. The van der Waals surface area contributed by atoms with Gasteiger partial charge in [0.05, 0.1) is 24.0 Å². The molecule has 3 heterocycles. The summed E-state index contributed by atoms with van der Waals surface area (Å²) in [7, 11) is 0. The number of aromatic nitrogens is 1. The first-order valence-electron chi connectivity index (χ1n) is 11.8. The van der Waals surface area contributed by atoms with Crippen molar-refractivity contribution >= 4 is 23.8 Å². The molecule has 186 valence electrons. The fraction of sp³-hybridized carbons (Fsp3) is 0.600. The molecule has 0 fully saturated rings. The number of hydrogen-bond acceptors (Lipinski definition) is 9. The van der Waals surface area contributed by atoms with Gasteiger partial charge in [0.25, 0.3) is 0 Å². The molecule has 0 amide bonds. The largest absolute Gasteiger partial charge is 0.463 e. The standard InChI is InChI=1S/C25H35N3O6/c1-16-13-23-22(27-18(16)3)7-6-12-28(23)14-17(2)34-26-11-10-21-8-9-24(32-20(5)30)25(33-21)15-31-19(4)29/h8-9,11,13,17,21,24-25H,6-7,10,12,14-15H2,1-5H3/t17?,21-,24-,25+/m0/s1. The van der Waals surface area contributed by atoms with Crippen LogP contribution in [0.4, 0.5) is 5.69 Å². The molecule has 9 heteroatoms. The number of carbonyl (C=O) groups excluding carboxylic acids is 2. The Morgan fingerprint density at radius 1 is 1.29 bits per heavy atom. The normalized spacial score (nSPS) is 22.9. The lowest BCUT2D eigenvalue weighted by Gasteiger charge is -2.32. The van der Waals surface area contributed by atoms with E-state index in [-0.39, 0.29) is 18.8 Å². The molecular weight excluding hydrogens is 438 g/mol. The smallest absolute Gasteiger partial charge is 0.303 e. The number of anilines is 1. The minimum Gasteiger partial charge on any atom is -0.463 e. The van der Waals surface area contributed by atoms with E-state index in [0.29, 0.717) is 6.42 Å². The third kappa shape index (κ3) is 7.28. The van der Waals surface area contributed by atoms with E-state index in [1.807, 2.05) is 13.0 Å². The molecule has 34 heavy (non-hydrogen) atoms. The van der Waals surface area contributed by atoms with Crippen molar-refractivity contribution in [2.24, 2.45) is 5.16 Å². The van der Waals surface area contributed by atoms with Crippen LogP contribution in [0.5, 0.6) is 0 Å². The van der Waals surface area contributed by atoms with E-state index < -0.39 is 24.1 Å². The Morgan fingerprint density at radius 2 is 2.09 bits per heavy atom. The van der Waals surface area contributed by atoms with E-state index in [4.69, 9.17) is 24.0 Å². The van der Waals surface area contributed by atoms with Crippen molar-refractivity contribution in [3.8, 4) is 0 Å². The Balaban J connectivity index is 1.50. The number of fused-ring (bicyclic) bond motifs is 1. The fourth-order valence-corrected chi connectivity index (χ4v) is 4.06. The highest BCUT2D eigenvalue weighted by Crippen LogP contribution is 2.28. The summed E-state index contributed by atoms with van der Waals surface area (Å²) in [4.78, 5) is 35.2. The summed E-state index contributed by atoms with van der Waals surface area (Å²) in [5.74, 6) is -0.844. The molecule has 0 saturated carbocycles. The maximum Gasteiger partial charge on any atom is 0.303 e. The van der Waals surface area contributed by atoms with E-state index in [1.165, 1.54) is 25.1 Å². The molecule has 1 aromatic heterocycles. The van der Waals surface area contributed by atoms with E-state index in [1.54, 1.807) is 12.3 Å². The predicted octanol–water partition coefficient (Wildman–Crippen LogP) is 3.05. The quantitative estimate of drug-likeness (QED) is 0.234. The lowest BCUT2D eigenvalue weighted by molar-refractivity contribution is -0.162. The van der Waals surface area contributed by atoms with Gasteiger partial charge in [0.1, 0.15) is 24.9 Å². The van der Waals surface area contributed by atoms with Crippen molar-refractivity contribution in [3.63, 3.8) is 0 Å². The third-order valence-electron chi connectivity index (χ3n) is 5.82. The minimum absolute atomic E-state index is 0.00393. The molecule has 3 rings (SSSR count). The average Bonchev–Trinajstić information content (AvgIpc) is 2.77. The number of hydrogen-bond donors (Lipinski definition) is 0. The molecule has 0 spiro atoms. The number of pyridine rings is 1. The third-order valence-corrected chi connectivity index (χ3v) is 5.82. The molecule has 0 aromatic carbocycles. The summed E-state index contributed by atoms with van der Waals surface area (Å²) < 4.78 is 16.2. The number of rotatable bonds is 9. The van der Waals surface area contributed by atoms with Crippen molar-refractivity contribution in [1.82, 2.24) is 4.98 Å². The molecular formula is C25H35N3O6. The monoisotopic (exact) mass is 473 g/mol. The molecule has 2 aliphatic heterocycles. The molecule has 0 saturated heterocycles. The van der Waals surface area contributed by atoms with Crippen LogP contribution >= 0.6 is 0 Å². The van der Waals surface area contributed by atoms with E-state index >= 15 is 0 Å². The highest BCUT2D eigenvalue weighted by atomic mass is 16.6. The first kappa shape index (κ1) is 25.7. The molecule has 0 N–H and O–H groups in total. The highest BCUT2D eigenvalue weighted by molar-refractivity contribution is 5.67. The van der Waals surface area contributed by atoms with Crippen LogP contribution in [0.1, 0.15) is 50.6 Å². The minimum atomic E-state index is -0.601. The first-order chi connectivity index (χ1) is 16.2. The number of nitrogens with zero attached hydrogens (tertiary/aromatic N) is 3. The Labute approximate surface area is 201 Å². The van der Waals surface area contributed by atoms with Crippen molar-refractivity contribution in [2.75, 3.05) is 24.6 Å². The van der Waals surface area contributed by atoms with E-state index in [9.17, 15) is 9.59 Å². The van der Waals surface area contributed by atoms with Gasteiger partial charge in [-0.1, -0.05) is 11.2 Å². The van der Waals surface area contributed by atoms with E-state index in [2.05, 4.69) is 30.0 Å². The lowest BCUT2D eigenvalue weighted by Crippen LogP contribution is -2.41. The average molecular weight is 474 g/mol. The molecule has 1 unspecified atom stereocenters. The summed E-state index contributed by atoms with van der Waals surface area (Å²) in [6.45, 7) is 10.5. The summed E-state index contributed by atoms with van der Waals surface area (Å²) in [6, 6.07) is 2.22. The maximum atomic E-state index is 11.3. The Kier molecular flexibility index (Phi) is 9.04. The van der Waals surface area contributed by atoms with Gasteiger partial charge in [-0.25, -0.2) is 0 Å². The van der Waals surface area contributed by atoms with Crippen molar-refractivity contribution < 1.29 is 28.6 Å². The molecule has 0 radical (unpaired) electrons. The van der Waals surface area contributed by atoms with Gasteiger partial charge in [-0.05, 0) is 51.3 Å². The van der Waals surface area contributed by atoms with Crippen LogP contribution in [0.25, 0.3) is 0 Å². The number of ether oxygens (including phenoxy) is 3. The van der Waals surface area contributed by atoms with E-state index in [0.717, 1.165) is 37.3 Å². The second-order valence-electron chi connectivity index (χ2n) is 8.82. The van der Waals surface area contributed by atoms with Crippen molar-refractivity contribution in [1.29, 1.82) is 0 Å². The Hall–Kier alpha value is -2.94. The molecule has 0 bridgehead atoms. The van der Waals surface area contributed by atoms with Gasteiger partial charge in [0, 0.05) is 38.7 Å². The predicted molar refractivity (Wildman–Crippen MR) is 128 cm³/mol. The van der Waals surface area contributed by atoms with Crippen molar-refractivity contribution in [2.45, 2.75) is 78.3 Å². The molecule has 9 nitrogen and oxygen atoms in total. The maximum absolute atomic E-state index is 11.3. The summed E-state index contributed by atoms with van der Waals surface area (Å²) in [6.07, 6.45) is 6.23. The van der Waals surface area contributed by atoms with Gasteiger partial charge in [0.2, 0.25) is 0 Å². The Morgan fingerprint density at radius 3 is 2.82 bits per heavy atom. The number of carbonyl (C=O) groups is 2. The van der Waals surface area contributed by atoms with Crippen LogP contribution in [-0.2, 0) is 35.1 Å². The molecule has 4 atom stereocenters. The van der Waals surface area contributed by atoms with Crippen LogP contribution in [0.2, 0.25) is 0 Å². The van der Waals surface area contributed by atoms with Gasteiger partial charge in [-0.15, -0.1) is 0 Å². The number of esters is 2. The van der Waals surface area contributed by atoms with Crippen LogP contribution in [0, 0.1) is 13.8 Å². The Bertz CT molecular complexity index is 931. The molecule has 0 aliphatic carbocycles. The van der Waals surface area contributed by atoms with Crippen LogP contribution in [0.3, 0.4) is 0 Å². The SMILES string of the molecule is CC(=O)OC[C@H]1O[C@H](CC=NOC(C)CN2CCCc3nc(C)c(C)cc32)C=C[C@@H]1OC(C)=O. The zero-order valence-corrected chi connectivity index (χ0v) is 20.7. The van der Waals surface area contributed by atoms with Gasteiger partial charge in [-0.3, -0.25) is 14.6 Å². The zero-order chi connectivity index (χ0) is 24.7. The number of oxime groups is 1. The topological polar surface area (TPSA) is 99.6 Å². The summed E-state index contributed by atoms with van der Waals surface area (Å²) >= 11 is 0. The zero-order valence-electron chi connectivity index (χ0n) is 20.7. The van der Waals surface area contributed by atoms with Gasteiger partial charge in [0.15, 0.2) is 0 Å². The number of aryl methyl sites for hydroxylation is 3. The van der Waals surface area contributed by atoms with Gasteiger partial charge < -0.3 is 23.9 Å². The lowest BCUT2D eigenvalue weighted by atomic mass is 10.0.